The molecular formula is C16H12ClN3O4. The lowest BCUT2D eigenvalue weighted by Crippen LogP contribution is -2.38. The van der Waals surface area contributed by atoms with Crippen LogP contribution in [0.15, 0.2) is 39.9 Å². The summed E-state index contributed by atoms with van der Waals surface area (Å²) in [6, 6.07) is 7.97. The number of aromatic carboxylic acids is 1. The molecule has 0 radical (unpaired) electrons. The quantitative estimate of drug-likeness (QED) is 0.762. The average molecular weight is 346 g/mol. The van der Waals surface area contributed by atoms with Gasteiger partial charge in [-0.1, -0.05) is 23.7 Å². The van der Waals surface area contributed by atoms with E-state index in [-0.39, 0.29) is 16.6 Å². The zero-order chi connectivity index (χ0) is 17.6. The Bertz CT molecular complexity index is 1100. The van der Waals surface area contributed by atoms with Crippen molar-refractivity contribution in [3.8, 4) is 11.3 Å². The Morgan fingerprint density at radius 3 is 2.33 bits per heavy atom. The predicted molar refractivity (Wildman–Crippen MR) is 89.6 cm³/mol. The standard InChI is InChI=1S/C16H12ClN3O4/c1-19-13-12(14(21)20(2)16(19)24)10(15(22)23)7-11(18-13)8-3-5-9(17)6-4-8/h3-7H,1-2H3,(H,22,23). The van der Waals surface area contributed by atoms with Crippen LogP contribution >= 0.6 is 11.6 Å². The van der Waals surface area contributed by atoms with Gasteiger partial charge in [0.15, 0.2) is 5.65 Å². The van der Waals surface area contributed by atoms with Crippen molar-refractivity contribution < 1.29 is 9.90 Å². The van der Waals surface area contributed by atoms with Crippen LogP contribution in [0.4, 0.5) is 0 Å². The molecule has 0 fully saturated rings. The number of rotatable bonds is 2. The lowest BCUT2D eigenvalue weighted by molar-refractivity contribution is 0.0699. The van der Waals surface area contributed by atoms with E-state index in [0.29, 0.717) is 16.3 Å². The first-order valence-electron chi connectivity index (χ1n) is 6.91. The topological polar surface area (TPSA) is 94.2 Å². The summed E-state index contributed by atoms with van der Waals surface area (Å²) >= 11 is 5.86. The molecule has 0 saturated carbocycles. The highest BCUT2D eigenvalue weighted by Gasteiger charge is 2.19. The molecule has 0 saturated heterocycles. The van der Waals surface area contributed by atoms with Crippen LogP contribution in [0.3, 0.4) is 0 Å². The maximum atomic E-state index is 12.3. The van der Waals surface area contributed by atoms with Crippen LogP contribution in [0.5, 0.6) is 0 Å². The van der Waals surface area contributed by atoms with Gasteiger partial charge in [-0.25, -0.2) is 14.6 Å². The highest BCUT2D eigenvalue weighted by atomic mass is 35.5. The van der Waals surface area contributed by atoms with Gasteiger partial charge < -0.3 is 5.11 Å². The van der Waals surface area contributed by atoms with Crippen molar-refractivity contribution in [2.45, 2.75) is 0 Å². The summed E-state index contributed by atoms with van der Waals surface area (Å²) in [7, 11) is 2.73. The number of carbonyl (C=O) groups is 1. The number of hydrogen-bond donors (Lipinski definition) is 1. The van der Waals surface area contributed by atoms with Gasteiger partial charge in [-0.15, -0.1) is 0 Å². The third kappa shape index (κ3) is 2.39. The Hall–Kier alpha value is -2.93. The molecule has 0 spiro atoms. The molecule has 0 bridgehead atoms. The lowest BCUT2D eigenvalue weighted by Gasteiger charge is -2.11. The Morgan fingerprint density at radius 2 is 1.75 bits per heavy atom. The van der Waals surface area contributed by atoms with E-state index in [2.05, 4.69) is 4.98 Å². The first kappa shape index (κ1) is 15.9. The fraction of sp³-hybridized carbons (Fsp3) is 0.125. The first-order valence-corrected chi connectivity index (χ1v) is 7.29. The Morgan fingerprint density at radius 1 is 1.12 bits per heavy atom. The summed E-state index contributed by atoms with van der Waals surface area (Å²) < 4.78 is 2.01. The van der Waals surface area contributed by atoms with Crippen LogP contribution in [0.2, 0.25) is 5.02 Å². The molecule has 122 valence electrons. The third-order valence-corrected chi connectivity index (χ3v) is 4.03. The van der Waals surface area contributed by atoms with Gasteiger partial charge in [0.2, 0.25) is 0 Å². The number of aromatic nitrogens is 3. The Labute approximate surface area is 140 Å². The Balaban J connectivity index is 2.48. The largest absolute Gasteiger partial charge is 0.478 e. The number of benzene rings is 1. The second-order valence-electron chi connectivity index (χ2n) is 5.27. The van der Waals surface area contributed by atoms with E-state index in [9.17, 15) is 19.5 Å². The number of pyridine rings is 1. The van der Waals surface area contributed by atoms with Crippen molar-refractivity contribution in [3.05, 3.63) is 61.8 Å². The van der Waals surface area contributed by atoms with E-state index in [4.69, 9.17) is 11.6 Å². The molecule has 0 aliphatic carbocycles. The maximum Gasteiger partial charge on any atom is 0.336 e. The number of aryl methyl sites for hydroxylation is 1. The minimum atomic E-state index is -1.27. The third-order valence-electron chi connectivity index (χ3n) is 3.78. The maximum absolute atomic E-state index is 12.3. The average Bonchev–Trinajstić information content (AvgIpc) is 2.57. The smallest absolute Gasteiger partial charge is 0.336 e. The van der Waals surface area contributed by atoms with Crippen LogP contribution in [0.1, 0.15) is 10.4 Å². The highest BCUT2D eigenvalue weighted by Crippen LogP contribution is 2.24. The molecule has 2 aromatic heterocycles. The monoisotopic (exact) mass is 345 g/mol. The van der Waals surface area contributed by atoms with Crippen LogP contribution in [0.25, 0.3) is 22.3 Å². The number of carboxylic acids is 1. The van der Waals surface area contributed by atoms with Crippen molar-refractivity contribution in [1.82, 2.24) is 14.1 Å². The van der Waals surface area contributed by atoms with E-state index in [0.717, 1.165) is 9.13 Å². The van der Waals surface area contributed by atoms with Gasteiger partial charge in [-0.2, -0.15) is 0 Å². The van der Waals surface area contributed by atoms with E-state index < -0.39 is 17.2 Å². The van der Waals surface area contributed by atoms with Crippen molar-refractivity contribution in [1.29, 1.82) is 0 Å². The number of nitrogens with zero attached hydrogens (tertiary/aromatic N) is 3. The number of halogens is 1. The van der Waals surface area contributed by atoms with Crippen molar-refractivity contribution in [2.75, 3.05) is 0 Å². The SMILES string of the molecule is Cn1c(=O)c2c(C(=O)O)cc(-c3ccc(Cl)cc3)nc2n(C)c1=O. The molecule has 0 aliphatic heterocycles. The zero-order valence-electron chi connectivity index (χ0n) is 12.8. The molecule has 24 heavy (non-hydrogen) atoms. The summed E-state index contributed by atoms with van der Waals surface area (Å²) in [6.45, 7) is 0. The molecule has 0 atom stereocenters. The van der Waals surface area contributed by atoms with Crippen LogP contribution < -0.4 is 11.2 Å². The van der Waals surface area contributed by atoms with Gasteiger partial charge >= 0.3 is 11.7 Å². The number of carboxylic acid groups (broad SMARTS) is 1. The van der Waals surface area contributed by atoms with Gasteiger partial charge in [0.25, 0.3) is 5.56 Å². The highest BCUT2D eigenvalue weighted by molar-refractivity contribution is 6.30. The second kappa shape index (κ2) is 5.61. The molecule has 2 heterocycles. The molecule has 1 N–H and O–H groups in total. The minimum Gasteiger partial charge on any atom is -0.478 e. The summed E-state index contributed by atoms with van der Waals surface area (Å²) in [5.74, 6) is -1.27. The second-order valence-corrected chi connectivity index (χ2v) is 5.71. The number of fused-ring (bicyclic) bond motifs is 1. The summed E-state index contributed by atoms with van der Waals surface area (Å²) in [4.78, 5) is 40.4. The van der Waals surface area contributed by atoms with Crippen LogP contribution in [-0.2, 0) is 14.1 Å². The van der Waals surface area contributed by atoms with Crippen molar-refractivity contribution in [3.63, 3.8) is 0 Å². The molecular weight excluding hydrogens is 334 g/mol. The summed E-state index contributed by atoms with van der Waals surface area (Å²) in [5, 5.41) is 9.91. The molecule has 3 rings (SSSR count). The van der Waals surface area contributed by atoms with Gasteiger partial charge in [0, 0.05) is 24.7 Å². The molecule has 8 heteroatoms. The molecule has 3 aromatic rings. The van der Waals surface area contributed by atoms with E-state index in [1.807, 2.05) is 0 Å². The zero-order valence-corrected chi connectivity index (χ0v) is 13.5. The summed E-state index contributed by atoms with van der Waals surface area (Å²) in [5.41, 5.74) is -0.504. The molecule has 7 nitrogen and oxygen atoms in total. The molecule has 0 aliphatic rings. The van der Waals surface area contributed by atoms with E-state index in [1.54, 1.807) is 24.3 Å². The van der Waals surface area contributed by atoms with Gasteiger partial charge in [-0.3, -0.25) is 13.9 Å². The van der Waals surface area contributed by atoms with Crippen molar-refractivity contribution in [2.24, 2.45) is 14.1 Å². The fourth-order valence-electron chi connectivity index (χ4n) is 2.49. The van der Waals surface area contributed by atoms with Gasteiger partial charge in [0.1, 0.15) is 0 Å². The number of hydrogen-bond acceptors (Lipinski definition) is 4. The minimum absolute atomic E-state index is 0.0213. The first-order chi connectivity index (χ1) is 11.3. The van der Waals surface area contributed by atoms with Crippen LogP contribution in [0, 0.1) is 0 Å². The molecule has 0 amide bonds. The molecule has 0 unspecified atom stereocenters. The normalized spacial score (nSPS) is 11.0. The Kier molecular flexibility index (Phi) is 3.73. The van der Waals surface area contributed by atoms with E-state index >= 15 is 0 Å². The molecule has 1 aromatic carbocycles. The van der Waals surface area contributed by atoms with Crippen molar-refractivity contribution >= 4 is 28.6 Å². The predicted octanol–water partition coefficient (Wildman–Crippen LogP) is 1.65. The van der Waals surface area contributed by atoms with Crippen LogP contribution in [-0.4, -0.2) is 25.2 Å². The van der Waals surface area contributed by atoms with Gasteiger partial charge in [0.05, 0.1) is 16.6 Å². The summed E-state index contributed by atoms with van der Waals surface area (Å²) in [6.07, 6.45) is 0. The van der Waals surface area contributed by atoms with E-state index in [1.165, 1.54) is 20.2 Å². The lowest BCUT2D eigenvalue weighted by atomic mass is 10.1. The fourth-order valence-corrected chi connectivity index (χ4v) is 2.62. The van der Waals surface area contributed by atoms with Gasteiger partial charge in [-0.05, 0) is 18.2 Å².